The largest absolute Gasteiger partial charge is 0.397 e. The van der Waals surface area contributed by atoms with Crippen LogP contribution >= 0.6 is 0 Å². The highest BCUT2D eigenvalue weighted by Gasteiger charge is 2.19. The van der Waals surface area contributed by atoms with Crippen LogP contribution in [0.3, 0.4) is 0 Å². The fraction of sp³-hybridized carbons (Fsp3) is 0.0833. The smallest absolute Gasteiger partial charge is 0.271 e. The zero-order chi connectivity index (χ0) is 15.5. The van der Waals surface area contributed by atoms with Gasteiger partial charge in [-0.3, -0.25) is 15.1 Å². The molecule has 0 amide bonds. The maximum Gasteiger partial charge on any atom is 0.271 e. The molecule has 0 spiro atoms. The summed E-state index contributed by atoms with van der Waals surface area (Å²) in [5.74, 6) is 0. The van der Waals surface area contributed by atoms with E-state index in [-0.39, 0.29) is 22.8 Å². The van der Waals surface area contributed by atoms with E-state index < -0.39 is 14.9 Å². The van der Waals surface area contributed by atoms with Crippen LogP contribution in [0, 0.1) is 10.1 Å². The molecule has 21 heavy (non-hydrogen) atoms. The molecule has 0 fully saturated rings. The molecule has 0 atom stereocenters. The maximum absolute atomic E-state index is 12.1. The first kappa shape index (κ1) is 14.9. The van der Waals surface area contributed by atoms with Gasteiger partial charge in [0.2, 0.25) is 10.0 Å². The first-order valence-corrected chi connectivity index (χ1v) is 7.31. The van der Waals surface area contributed by atoms with Crippen LogP contribution in [0.2, 0.25) is 0 Å². The lowest BCUT2D eigenvalue weighted by Crippen LogP contribution is -2.24. The molecule has 0 bridgehead atoms. The van der Waals surface area contributed by atoms with Gasteiger partial charge in [0.05, 0.1) is 10.6 Å². The Balaban J connectivity index is 2.22. The molecule has 0 saturated carbocycles. The molecule has 1 aromatic heterocycles. The molecule has 0 aliphatic rings. The summed E-state index contributed by atoms with van der Waals surface area (Å²) < 4.78 is 26.6. The minimum absolute atomic E-state index is 0.0482. The third-order valence-electron chi connectivity index (χ3n) is 2.68. The lowest BCUT2D eigenvalue weighted by Gasteiger charge is -2.08. The van der Waals surface area contributed by atoms with Crippen molar-refractivity contribution in [3.05, 3.63) is 58.4 Å². The number of nitrogens with two attached hydrogens (primary N) is 1. The van der Waals surface area contributed by atoms with Crippen molar-refractivity contribution in [3.8, 4) is 0 Å². The third kappa shape index (κ3) is 3.52. The van der Waals surface area contributed by atoms with Crippen molar-refractivity contribution >= 4 is 21.4 Å². The van der Waals surface area contributed by atoms with Crippen LogP contribution < -0.4 is 10.5 Å². The van der Waals surface area contributed by atoms with E-state index in [0.717, 1.165) is 18.2 Å². The van der Waals surface area contributed by atoms with Gasteiger partial charge in [-0.05, 0) is 17.7 Å². The standard InChI is InChI=1S/C12H12N4O4S/c13-11-6-10(16(17)18)3-4-12(11)21(19,20)15-8-9-2-1-5-14-7-9/h1-7,15H,8,13H2. The van der Waals surface area contributed by atoms with Gasteiger partial charge in [0.1, 0.15) is 4.90 Å². The second-order valence-electron chi connectivity index (χ2n) is 4.17. The van der Waals surface area contributed by atoms with Crippen molar-refractivity contribution in [1.82, 2.24) is 9.71 Å². The van der Waals surface area contributed by atoms with E-state index in [2.05, 4.69) is 9.71 Å². The van der Waals surface area contributed by atoms with Crippen LogP contribution in [-0.4, -0.2) is 18.3 Å². The number of anilines is 1. The van der Waals surface area contributed by atoms with Crippen molar-refractivity contribution in [2.24, 2.45) is 0 Å². The lowest BCUT2D eigenvalue weighted by molar-refractivity contribution is -0.384. The van der Waals surface area contributed by atoms with Crippen molar-refractivity contribution in [1.29, 1.82) is 0 Å². The number of sulfonamides is 1. The second kappa shape index (κ2) is 5.85. The fourth-order valence-corrected chi connectivity index (χ4v) is 2.78. The topological polar surface area (TPSA) is 128 Å². The number of hydrogen-bond acceptors (Lipinski definition) is 6. The highest BCUT2D eigenvalue weighted by Crippen LogP contribution is 2.23. The van der Waals surface area contributed by atoms with Crippen molar-refractivity contribution in [3.63, 3.8) is 0 Å². The minimum Gasteiger partial charge on any atom is -0.397 e. The molecular formula is C12H12N4O4S. The normalized spacial score (nSPS) is 11.2. The van der Waals surface area contributed by atoms with Gasteiger partial charge in [0.25, 0.3) is 5.69 Å². The molecule has 0 aliphatic heterocycles. The van der Waals surface area contributed by atoms with E-state index in [4.69, 9.17) is 5.73 Å². The molecule has 3 N–H and O–H groups in total. The molecule has 8 nitrogen and oxygen atoms in total. The van der Waals surface area contributed by atoms with Gasteiger partial charge in [0.15, 0.2) is 0 Å². The predicted octanol–water partition coefficient (Wildman–Crippen LogP) is 1.05. The minimum atomic E-state index is -3.86. The summed E-state index contributed by atoms with van der Waals surface area (Å²) in [6, 6.07) is 6.62. The number of nitro groups is 1. The van der Waals surface area contributed by atoms with E-state index >= 15 is 0 Å². The highest BCUT2D eigenvalue weighted by atomic mass is 32.2. The molecule has 0 aliphatic carbocycles. The Morgan fingerprint density at radius 2 is 2.10 bits per heavy atom. The van der Waals surface area contributed by atoms with Crippen LogP contribution in [0.4, 0.5) is 11.4 Å². The van der Waals surface area contributed by atoms with Crippen LogP contribution in [0.25, 0.3) is 0 Å². The fourth-order valence-electron chi connectivity index (χ4n) is 1.65. The Morgan fingerprint density at radius 3 is 2.67 bits per heavy atom. The molecule has 2 aromatic rings. The van der Waals surface area contributed by atoms with Gasteiger partial charge in [-0.1, -0.05) is 6.07 Å². The number of nitrogen functional groups attached to an aromatic ring is 1. The number of nitrogens with zero attached hydrogens (tertiary/aromatic N) is 2. The number of benzene rings is 1. The Hall–Kier alpha value is -2.52. The lowest BCUT2D eigenvalue weighted by atomic mass is 10.3. The molecule has 1 heterocycles. The Labute approximate surface area is 120 Å². The van der Waals surface area contributed by atoms with Crippen LogP contribution in [-0.2, 0) is 16.6 Å². The van der Waals surface area contributed by atoms with Gasteiger partial charge in [-0.2, -0.15) is 0 Å². The molecule has 9 heteroatoms. The first-order valence-electron chi connectivity index (χ1n) is 5.82. The van der Waals surface area contributed by atoms with Gasteiger partial charge >= 0.3 is 0 Å². The summed E-state index contributed by atoms with van der Waals surface area (Å²) in [7, 11) is -3.86. The van der Waals surface area contributed by atoms with E-state index in [1.54, 1.807) is 18.3 Å². The zero-order valence-corrected chi connectivity index (χ0v) is 11.6. The van der Waals surface area contributed by atoms with Crippen molar-refractivity contribution in [2.75, 3.05) is 5.73 Å². The molecule has 0 unspecified atom stereocenters. The summed E-state index contributed by atoms with van der Waals surface area (Å²) in [6.45, 7) is 0.0482. The molecule has 0 saturated heterocycles. The van der Waals surface area contributed by atoms with Crippen LogP contribution in [0.1, 0.15) is 5.56 Å². The average molecular weight is 308 g/mol. The summed E-state index contributed by atoms with van der Waals surface area (Å²) in [6.07, 6.45) is 3.11. The second-order valence-corrected chi connectivity index (χ2v) is 5.90. The molecular weight excluding hydrogens is 296 g/mol. The number of nitro benzene ring substituents is 1. The Morgan fingerprint density at radius 1 is 1.33 bits per heavy atom. The summed E-state index contributed by atoms with van der Waals surface area (Å²) in [5, 5.41) is 10.6. The first-order chi connectivity index (χ1) is 9.90. The Kier molecular flexibility index (Phi) is 4.15. The molecule has 110 valence electrons. The van der Waals surface area contributed by atoms with Gasteiger partial charge in [0, 0.05) is 31.1 Å². The SMILES string of the molecule is Nc1cc([N+](=O)[O-])ccc1S(=O)(=O)NCc1cccnc1. The number of aromatic nitrogens is 1. The highest BCUT2D eigenvalue weighted by molar-refractivity contribution is 7.89. The predicted molar refractivity (Wildman–Crippen MR) is 75.8 cm³/mol. The number of hydrogen-bond donors (Lipinski definition) is 2. The summed E-state index contributed by atoms with van der Waals surface area (Å²) in [4.78, 5) is 13.6. The summed E-state index contributed by atoms with van der Waals surface area (Å²) >= 11 is 0. The number of pyridine rings is 1. The number of nitrogens with one attached hydrogen (secondary N) is 1. The van der Waals surface area contributed by atoms with Crippen molar-refractivity contribution < 1.29 is 13.3 Å². The van der Waals surface area contributed by atoms with Crippen LogP contribution in [0.15, 0.2) is 47.6 Å². The van der Waals surface area contributed by atoms with Gasteiger partial charge in [-0.15, -0.1) is 0 Å². The van der Waals surface area contributed by atoms with E-state index in [0.29, 0.717) is 5.56 Å². The number of rotatable bonds is 5. The zero-order valence-electron chi connectivity index (χ0n) is 10.8. The number of non-ortho nitro benzene ring substituents is 1. The maximum atomic E-state index is 12.1. The van der Waals surface area contributed by atoms with E-state index in [1.807, 2.05) is 0 Å². The summed E-state index contributed by atoms with van der Waals surface area (Å²) in [5.41, 5.74) is 5.82. The quantitative estimate of drug-likeness (QED) is 0.482. The van der Waals surface area contributed by atoms with Gasteiger partial charge < -0.3 is 5.73 Å². The van der Waals surface area contributed by atoms with E-state index in [9.17, 15) is 18.5 Å². The molecule has 1 aromatic carbocycles. The Bertz CT molecular complexity index is 762. The van der Waals surface area contributed by atoms with Gasteiger partial charge in [-0.25, -0.2) is 13.1 Å². The molecule has 2 rings (SSSR count). The van der Waals surface area contributed by atoms with Crippen LogP contribution in [0.5, 0.6) is 0 Å². The third-order valence-corrected chi connectivity index (χ3v) is 4.16. The monoisotopic (exact) mass is 308 g/mol. The van der Waals surface area contributed by atoms with E-state index in [1.165, 1.54) is 6.20 Å². The van der Waals surface area contributed by atoms with Crippen molar-refractivity contribution in [2.45, 2.75) is 11.4 Å². The average Bonchev–Trinajstić information content (AvgIpc) is 2.46. The molecule has 0 radical (unpaired) electrons.